The predicted molar refractivity (Wildman–Crippen MR) is 113 cm³/mol. The first kappa shape index (κ1) is 18.8. The van der Waals surface area contributed by atoms with E-state index in [1.165, 1.54) is 16.7 Å². The highest BCUT2D eigenvalue weighted by Crippen LogP contribution is 2.32. The third-order valence-electron chi connectivity index (χ3n) is 5.04. The highest BCUT2D eigenvalue weighted by Gasteiger charge is 2.22. The first-order valence-electron chi connectivity index (χ1n) is 9.49. The van der Waals surface area contributed by atoms with Crippen molar-refractivity contribution in [1.29, 1.82) is 0 Å². The number of anilines is 2. The molecule has 0 saturated heterocycles. The quantitative estimate of drug-likeness (QED) is 0.508. The zero-order valence-electron chi connectivity index (χ0n) is 17.0. The van der Waals surface area contributed by atoms with Crippen LogP contribution in [0.5, 0.6) is 0 Å². The molecule has 0 unspecified atom stereocenters. The lowest BCUT2D eigenvalue weighted by Crippen LogP contribution is -2.18. The molecule has 0 fully saturated rings. The van der Waals surface area contributed by atoms with Crippen LogP contribution >= 0.6 is 0 Å². The molecule has 0 bridgehead atoms. The second kappa shape index (κ2) is 7.47. The summed E-state index contributed by atoms with van der Waals surface area (Å²) in [4.78, 5) is 8.58. The molecular formula is C23H23N5O. The Morgan fingerprint density at radius 3 is 1.90 bits per heavy atom. The minimum atomic E-state index is -0.0702. The van der Waals surface area contributed by atoms with Crippen LogP contribution in [0.1, 0.15) is 36.4 Å². The second-order valence-electron chi connectivity index (χ2n) is 7.61. The molecule has 6 nitrogen and oxygen atoms in total. The summed E-state index contributed by atoms with van der Waals surface area (Å²) >= 11 is 0. The van der Waals surface area contributed by atoms with E-state index >= 15 is 0 Å². The van der Waals surface area contributed by atoms with E-state index in [4.69, 9.17) is 4.42 Å². The standard InChI is InChI=1S/C23H23N5O/c1-15-5-7-17(8-6-15)23(3,4)18-9-11-19(12-10-18)26-20-13-24-21(25-14-20)22-28-27-16(2)29-22/h5-14,26H,1-4H3. The van der Waals surface area contributed by atoms with Crippen LogP contribution in [0.15, 0.2) is 65.3 Å². The van der Waals surface area contributed by atoms with Gasteiger partial charge in [0.15, 0.2) is 0 Å². The van der Waals surface area contributed by atoms with Crippen molar-refractivity contribution in [2.75, 3.05) is 5.32 Å². The van der Waals surface area contributed by atoms with E-state index in [9.17, 15) is 0 Å². The van der Waals surface area contributed by atoms with Crippen LogP contribution in [0.25, 0.3) is 11.7 Å². The Kier molecular flexibility index (Phi) is 4.84. The topological polar surface area (TPSA) is 76.7 Å². The summed E-state index contributed by atoms with van der Waals surface area (Å²) in [5.41, 5.74) is 5.51. The van der Waals surface area contributed by atoms with Crippen molar-refractivity contribution in [3.05, 3.63) is 83.5 Å². The van der Waals surface area contributed by atoms with E-state index in [1.807, 2.05) is 0 Å². The first-order chi connectivity index (χ1) is 13.9. The van der Waals surface area contributed by atoms with Gasteiger partial charge in [0.1, 0.15) is 0 Å². The van der Waals surface area contributed by atoms with Crippen molar-refractivity contribution < 1.29 is 4.42 Å². The van der Waals surface area contributed by atoms with Crippen LogP contribution in [-0.2, 0) is 5.41 Å². The molecule has 1 N–H and O–H groups in total. The summed E-state index contributed by atoms with van der Waals surface area (Å²) in [6, 6.07) is 17.2. The van der Waals surface area contributed by atoms with Crippen LogP contribution in [-0.4, -0.2) is 20.2 Å². The van der Waals surface area contributed by atoms with E-state index in [0.29, 0.717) is 17.6 Å². The molecule has 2 aromatic heterocycles. The largest absolute Gasteiger partial charge is 0.418 e. The van der Waals surface area contributed by atoms with Crippen LogP contribution in [0.4, 0.5) is 11.4 Å². The summed E-state index contributed by atoms with van der Waals surface area (Å²) < 4.78 is 5.35. The Morgan fingerprint density at radius 1 is 0.759 bits per heavy atom. The molecule has 0 atom stereocenters. The number of rotatable bonds is 5. The van der Waals surface area contributed by atoms with Gasteiger partial charge in [0.2, 0.25) is 11.7 Å². The highest BCUT2D eigenvalue weighted by atomic mass is 16.4. The van der Waals surface area contributed by atoms with Gasteiger partial charge in [-0.1, -0.05) is 55.8 Å². The predicted octanol–water partition coefficient (Wildman–Crippen LogP) is 5.21. The van der Waals surface area contributed by atoms with E-state index in [2.05, 4.69) is 94.8 Å². The number of aromatic nitrogens is 4. The smallest absolute Gasteiger partial charge is 0.285 e. The summed E-state index contributed by atoms with van der Waals surface area (Å²) in [7, 11) is 0. The summed E-state index contributed by atoms with van der Waals surface area (Å²) in [5, 5.41) is 11.0. The normalized spacial score (nSPS) is 11.4. The Bertz CT molecular complexity index is 1100. The van der Waals surface area contributed by atoms with Crippen LogP contribution in [0.2, 0.25) is 0 Å². The van der Waals surface area contributed by atoms with Crippen molar-refractivity contribution in [3.63, 3.8) is 0 Å². The molecule has 6 heteroatoms. The molecule has 146 valence electrons. The van der Waals surface area contributed by atoms with Crippen molar-refractivity contribution in [1.82, 2.24) is 20.2 Å². The fourth-order valence-electron chi connectivity index (χ4n) is 3.16. The zero-order valence-corrected chi connectivity index (χ0v) is 17.0. The Morgan fingerprint density at radius 2 is 1.34 bits per heavy atom. The molecule has 4 rings (SSSR count). The van der Waals surface area contributed by atoms with E-state index in [0.717, 1.165) is 11.4 Å². The number of nitrogens with one attached hydrogen (secondary N) is 1. The van der Waals surface area contributed by atoms with Gasteiger partial charge in [0.05, 0.1) is 18.1 Å². The SMILES string of the molecule is Cc1ccc(C(C)(C)c2ccc(Nc3cnc(-c4nnc(C)o4)nc3)cc2)cc1. The molecular weight excluding hydrogens is 362 g/mol. The Labute approximate surface area is 170 Å². The summed E-state index contributed by atoms with van der Waals surface area (Å²) in [6.45, 7) is 8.32. The van der Waals surface area contributed by atoms with Crippen molar-refractivity contribution in [2.45, 2.75) is 33.1 Å². The molecule has 0 aliphatic carbocycles. The minimum Gasteiger partial charge on any atom is -0.418 e. The molecule has 29 heavy (non-hydrogen) atoms. The van der Waals surface area contributed by atoms with Gasteiger partial charge < -0.3 is 9.73 Å². The van der Waals surface area contributed by atoms with Gasteiger partial charge in [-0.3, -0.25) is 0 Å². The lowest BCUT2D eigenvalue weighted by atomic mass is 9.78. The number of nitrogens with zero attached hydrogens (tertiary/aromatic N) is 4. The fourth-order valence-corrected chi connectivity index (χ4v) is 3.16. The van der Waals surface area contributed by atoms with Crippen LogP contribution in [0, 0.1) is 13.8 Å². The van der Waals surface area contributed by atoms with Gasteiger partial charge in [-0.15, -0.1) is 10.2 Å². The van der Waals surface area contributed by atoms with Gasteiger partial charge in [0.25, 0.3) is 5.89 Å². The fraction of sp³-hybridized carbons (Fsp3) is 0.217. The number of hydrogen-bond acceptors (Lipinski definition) is 6. The van der Waals surface area contributed by atoms with Gasteiger partial charge in [0, 0.05) is 18.0 Å². The summed E-state index contributed by atoms with van der Waals surface area (Å²) in [5.74, 6) is 1.21. The molecule has 0 aliphatic heterocycles. The highest BCUT2D eigenvalue weighted by molar-refractivity contribution is 5.59. The number of hydrogen-bond donors (Lipinski definition) is 1. The molecule has 0 saturated carbocycles. The maximum absolute atomic E-state index is 5.35. The van der Waals surface area contributed by atoms with Gasteiger partial charge in [-0.25, -0.2) is 9.97 Å². The zero-order chi connectivity index (χ0) is 20.4. The lowest BCUT2D eigenvalue weighted by molar-refractivity contribution is 0.528. The van der Waals surface area contributed by atoms with Crippen LogP contribution < -0.4 is 5.32 Å². The maximum atomic E-state index is 5.35. The van der Waals surface area contributed by atoms with Crippen LogP contribution in [0.3, 0.4) is 0 Å². The van der Waals surface area contributed by atoms with Gasteiger partial charge in [-0.2, -0.15) is 0 Å². The molecule has 0 spiro atoms. The van der Waals surface area contributed by atoms with Crippen molar-refractivity contribution >= 4 is 11.4 Å². The van der Waals surface area contributed by atoms with Crippen molar-refractivity contribution in [2.24, 2.45) is 0 Å². The molecule has 2 aromatic carbocycles. The Hall–Kier alpha value is -3.54. The second-order valence-corrected chi connectivity index (χ2v) is 7.61. The third kappa shape index (κ3) is 4.01. The Balaban J connectivity index is 1.48. The van der Waals surface area contributed by atoms with Gasteiger partial charge in [-0.05, 0) is 30.2 Å². The average molecular weight is 385 g/mol. The molecule has 0 amide bonds. The average Bonchev–Trinajstić information content (AvgIpc) is 3.16. The van der Waals surface area contributed by atoms with E-state index in [-0.39, 0.29) is 5.41 Å². The molecule has 0 aliphatic rings. The third-order valence-corrected chi connectivity index (χ3v) is 5.04. The molecule has 4 aromatic rings. The minimum absolute atomic E-state index is 0.0702. The molecule has 2 heterocycles. The molecule has 0 radical (unpaired) electrons. The van der Waals surface area contributed by atoms with E-state index in [1.54, 1.807) is 19.3 Å². The van der Waals surface area contributed by atoms with Crippen molar-refractivity contribution in [3.8, 4) is 11.7 Å². The maximum Gasteiger partial charge on any atom is 0.285 e. The van der Waals surface area contributed by atoms with E-state index < -0.39 is 0 Å². The number of aryl methyl sites for hydroxylation is 2. The monoisotopic (exact) mass is 385 g/mol. The number of benzene rings is 2. The lowest BCUT2D eigenvalue weighted by Gasteiger charge is -2.26. The van der Waals surface area contributed by atoms with Gasteiger partial charge >= 0.3 is 0 Å². The summed E-state index contributed by atoms with van der Waals surface area (Å²) in [6.07, 6.45) is 3.40. The first-order valence-corrected chi connectivity index (χ1v) is 9.49.